The topological polar surface area (TPSA) is 59.9 Å². The average Bonchev–Trinajstić information content (AvgIpc) is 2.73. The van der Waals surface area contributed by atoms with E-state index in [0.717, 1.165) is 20.4 Å². The molecule has 5 nitrogen and oxygen atoms in total. The minimum Gasteiger partial charge on any atom is -0.489 e. The van der Waals surface area contributed by atoms with E-state index in [9.17, 15) is 4.79 Å². The van der Waals surface area contributed by atoms with Crippen LogP contribution in [0, 0.1) is 3.57 Å². The zero-order valence-corrected chi connectivity index (χ0v) is 17.2. The third-order valence-electron chi connectivity index (χ3n) is 3.69. The smallest absolute Gasteiger partial charge is 0.277 e. The lowest BCUT2D eigenvalue weighted by Crippen LogP contribution is -2.24. The molecule has 28 heavy (non-hydrogen) atoms. The van der Waals surface area contributed by atoms with Crippen molar-refractivity contribution in [2.45, 2.75) is 6.61 Å². The standard InChI is InChI=1S/C22H19IN2O3/c23-19-9-11-20(12-10-19)28-16-22(26)25-24-14-18-7-4-8-21(13-18)27-15-17-5-2-1-3-6-17/h1-14H,15-16H2,(H,25,26). The highest BCUT2D eigenvalue weighted by molar-refractivity contribution is 14.1. The molecule has 0 fully saturated rings. The molecule has 142 valence electrons. The summed E-state index contributed by atoms with van der Waals surface area (Å²) in [6, 6.07) is 24.9. The Morgan fingerprint density at radius 1 is 0.929 bits per heavy atom. The van der Waals surface area contributed by atoms with E-state index in [1.54, 1.807) is 6.21 Å². The second-order valence-corrected chi connectivity index (χ2v) is 7.13. The number of carbonyl (C=O) groups excluding carboxylic acids is 1. The molecule has 0 bridgehead atoms. The number of halogens is 1. The van der Waals surface area contributed by atoms with Crippen molar-refractivity contribution in [2.75, 3.05) is 6.61 Å². The number of hydrogen-bond donors (Lipinski definition) is 1. The Kier molecular flexibility index (Phi) is 7.43. The van der Waals surface area contributed by atoms with Gasteiger partial charge in [0, 0.05) is 3.57 Å². The van der Waals surface area contributed by atoms with Gasteiger partial charge in [0.1, 0.15) is 18.1 Å². The van der Waals surface area contributed by atoms with Crippen LogP contribution in [0.25, 0.3) is 0 Å². The van der Waals surface area contributed by atoms with E-state index in [4.69, 9.17) is 9.47 Å². The summed E-state index contributed by atoms with van der Waals surface area (Å²) in [6.45, 7) is 0.395. The number of benzene rings is 3. The van der Waals surface area contributed by atoms with E-state index >= 15 is 0 Å². The number of rotatable bonds is 8. The number of carbonyl (C=O) groups is 1. The molecular formula is C22H19IN2O3. The van der Waals surface area contributed by atoms with Gasteiger partial charge in [0.25, 0.3) is 5.91 Å². The van der Waals surface area contributed by atoms with Gasteiger partial charge in [0.15, 0.2) is 6.61 Å². The van der Waals surface area contributed by atoms with Gasteiger partial charge in [-0.05, 0) is 70.1 Å². The van der Waals surface area contributed by atoms with Crippen LogP contribution in [0.5, 0.6) is 11.5 Å². The summed E-state index contributed by atoms with van der Waals surface area (Å²) < 4.78 is 12.3. The number of nitrogens with one attached hydrogen (secondary N) is 1. The summed E-state index contributed by atoms with van der Waals surface area (Å²) in [4.78, 5) is 11.8. The molecule has 3 rings (SSSR count). The van der Waals surface area contributed by atoms with E-state index in [1.165, 1.54) is 0 Å². The second-order valence-electron chi connectivity index (χ2n) is 5.88. The SMILES string of the molecule is O=C(COc1ccc(I)cc1)NN=Cc1cccc(OCc2ccccc2)c1. The van der Waals surface area contributed by atoms with Gasteiger partial charge < -0.3 is 9.47 Å². The van der Waals surface area contributed by atoms with Gasteiger partial charge >= 0.3 is 0 Å². The molecule has 1 amide bonds. The Morgan fingerprint density at radius 3 is 2.50 bits per heavy atom. The number of amides is 1. The fourth-order valence-electron chi connectivity index (χ4n) is 2.32. The molecule has 0 spiro atoms. The fraction of sp³-hybridized carbons (Fsp3) is 0.0909. The molecule has 0 aliphatic carbocycles. The van der Waals surface area contributed by atoms with Crippen molar-refractivity contribution in [3.8, 4) is 11.5 Å². The average molecular weight is 486 g/mol. The summed E-state index contributed by atoms with van der Waals surface area (Å²) in [5.41, 5.74) is 4.38. The van der Waals surface area contributed by atoms with Gasteiger partial charge in [0.2, 0.25) is 0 Å². The Bertz CT molecular complexity index is 928. The third-order valence-corrected chi connectivity index (χ3v) is 4.41. The van der Waals surface area contributed by atoms with Crippen LogP contribution in [-0.4, -0.2) is 18.7 Å². The van der Waals surface area contributed by atoms with Gasteiger partial charge in [-0.15, -0.1) is 0 Å². The van der Waals surface area contributed by atoms with E-state index in [1.807, 2.05) is 78.9 Å². The molecule has 0 radical (unpaired) electrons. The highest BCUT2D eigenvalue weighted by atomic mass is 127. The first kappa shape index (κ1) is 19.9. The van der Waals surface area contributed by atoms with Crippen molar-refractivity contribution in [3.05, 3.63) is 93.6 Å². The molecule has 0 aliphatic heterocycles. The molecule has 0 atom stereocenters. The van der Waals surface area contributed by atoms with Crippen molar-refractivity contribution in [1.82, 2.24) is 5.43 Å². The molecule has 0 saturated carbocycles. The van der Waals surface area contributed by atoms with E-state index in [-0.39, 0.29) is 12.5 Å². The number of hydrogen-bond acceptors (Lipinski definition) is 4. The van der Waals surface area contributed by atoms with E-state index < -0.39 is 0 Å². The third kappa shape index (κ3) is 6.70. The summed E-state index contributed by atoms with van der Waals surface area (Å²) in [5.74, 6) is 1.05. The molecule has 0 saturated heterocycles. The number of ether oxygens (including phenoxy) is 2. The quantitative estimate of drug-likeness (QED) is 0.292. The van der Waals surface area contributed by atoms with Crippen LogP contribution >= 0.6 is 22.6 Å². The molecule has 6 heteroatoms. The van der Waals surface area contributed by atoms with Crippen molar-refractivity contribution in [3.63, 3.8) is 0 Å². The molecule has 0 aliphatic rings. The van der Waals surface area contributed by atoms with Gasteiger partial charge in [0.05, 0.1) is 6.21 Å². The molecule has 3 aromatic rings. The van der Waals surface area contributed by atoms with Gasteiger partial charge in [-0.3, -0.25) is 4.79 Å². The maximum Gasteiger partial charge on any atom is 0.277 e. The first-order valence-corrected chi connectivity index (χ1v) is 9.74. The Morgan fingerprint density at radius 2 is 1.71 bits per heavy atom. The number of nitrogens with zero attached hydrogens (tertiary/aromatic N) is 1. The van der Waals surface area contributed by atoms with Crippen LogP contribution < -0.4 is 14.9 Å². The lowest BCUT2D eigenvalue weighted by molar-refractivity contribution is -0.123. The van der Waals surface area contributed by atoms with Crippen LogP contribution in [0.3, 0.4) is 0 Å². The maximum atomic E-state index is 11.8. The monoisotopic (exact) mass is 486 g/mol. The Balaban J connectivity index is 1.45. The zero-order valence-electron chi connectivity index (χ0n) is 15.0. The summed E-state index contributed by atoms with van der Waals surface area (Å²) in [5, 5.41) is 3.97. The Hall–Kier alpha value is -2.87. The molecule has 0 aromatic heterocycles. The molecular weight excluding hydrogens is 467 g/mol. The zero-order chi connectivity index (χ0) is 19.6. The Labute approximate surface area is 177 Å². The van der Waals surface area contributed by atoms with Crippen LogP contribution in [0.2, 0.25) is 0 Å². The van der Waals surface area contributed by atoms with Gasteiger partial charge in [-0.25, -0.2) is 5.43 Å². The highest BCUT2D eigenvalue weighted by Crippen LogP contribution is 2.14. The second kappa shape index (κ2) is 10.5. The van der Waals surface area contributed by atoms with Crippen LogP contribution in [0.4, 0.5) is 0 Å². The van der Waals surface area contributed by atoms with Crippen molar-refractivity contribution in [2.24, 2.45) is 5.10 Å². The maximum absolute atomic E-state index is 11.8. The van der Waals surface area contributed by atoms with Crippen molar-refractivity contribution < 1.29 is 14.3 Å². The van der Waals surface area contributed by atoms with Crippen molar-refractivity contribution >= 4 is 34.7 Å². The van der Waals surface area contributed by atoms with Gasteiger partial charge in [-0.2, -0.15) is 5.10 Å². The van der Waals surface area contributed by atoms with Crippen LogP contribution in [-0.2, 0) is 11.4 Å². The molecule has 0 unspecified atom stereocenters. The van der Waals surface area contributed by atoms with Crippen LogP contribution in [0.15, 0.2) is 84.0 Å². The fourth-order valence-corrected chi connectivity index (χ4v) is 2.68. The molecule has 0 heterocycles. The largest absolute Gasteiger partial charge is 0.489 e. The minimum absolute atomic E-state index is 0.0990. The summed E-state index contributed by atoms with van der Waals surface area (Å²) in [6.07, 6.45) is 1.57. The van der Waals surface area contributed by atoms with E-state index in [0.29, 0.717) is 12.4 Å². The first-order chi connectivity index (χ1) is 13.7. The molecule has 3 aromatic carbocycles. The summed E-state index contributed by atoms with van der Waals surface area (Å²) >= 11 is 2.21. The lowest BCUT2D eigenvalue weighted by Gasteiger charge is -2.07. The highest BCUT2D eigenvalue weighted by Gasteiger charge is 2.01. The predicted molar refractivity (Wildman–Crippen MR) is 118 cm³/mol. The molecule has 1 N–H and O–H groups in total. The summed E-state index contributed by atoms with van der Waals surface area (Å²) in [7, 11) is 0. The van der Waals surface area contributed by atoms with Gasteiger partial charge in [-0.1, -0.05) is 42.5 Å². The van der Waals surface area contributed by atoms with Crippen molar-refractivity contribution in [1.29, 1.82) is 0 Å². The van der Waals surface area contributed by atoms with Crippen LogP contribution in [0.1, 0.15) is 11.1 Å². The number of hydrazone groups is 1. The predicted octanol–water partition coefficient (Wildman–Crippen LogP) is 4.40. The first-order valence-electron chi connectivity index (χ1n) is 8.66. The van der Waals surface area contributed by atoms with E-state index in [2.05, 4.69) is 33.1 Å². The lowest BCUT2D eigenvalue weighted by atomic mass is 10.2. The normalized spacial score (nSPS) is 10.6. The minimum atomic E-state index is -0.328.